The van der Waals surface area contributed by atoms with Gasteiger partial charge in [0, 0.05) is 51.7 Å². The van der Waals surface area contributed by atoms with E-state index in [9.17, 15) is 22.4 Å². The van der Waals surface area contributed by atoms with Crippen molar-refractivity contribution in [3.63, 3.8) is 0 Å². The van der Waals surface area contributed by atoms with Crippen molar-refractivity contribution in [1.29, 1.82) is 0 Å². The van der Waals surface area contributed by atoms with Crippen LogP contribution in [0, 0.1) is 5.82 Å². The summed E-state index contributed by atoms with van der Waals surface area (Å²) in [6, 6.07) is 8.16. The van der Waals surface area contributed by atoms with Crippen LogP contribution in [0.4, 0.5) is 17.6 Å². The van der Waals surface area contributed by atoms with Crippen LogP contribution in [0.15, 0.2) is 36.4 Å². The number of unbranched alkanes of at least 4 members (excludes halogenated alkanes) is 1. The van der Waals surface area contributed by atoms with Gasteiger partial charge >= 0.3 is 6.18 Å². The van der Waals surface area contributed by atoms with E-state index >= 15 is 0 Å². The number of ether oxygens (including phenoxy) is 1. The Morgan fingerprint density at radius 1 is 1.11 bits per heavy atom. The van der Waals surface area contributed by atoms with Gasteiger partial charge in [0.05, 0.1) is 15.6 Å². The zero-order valence-electron chi connectivity index (χ0n) is 19.5. The van der Waals surface area contributed by atoms with Gasteiger partial charge in [0.1, 0.15) is 5.82 Å². The van der Waals surface area contributed by atoms with E-state index in [1.807, 2.05) is 18.0 Å². The summed E-state index contributed by atoms with van der Waals surface area (Å²) in [6.07, 6.45) is -2.85. The zero-order chi connectivity index (χ0) is 25.8. The van der Waals surface area contributed by atoms with Crippen LogP contribution in [0.2, 0.25) is 10.0 Å². The number of carbonyl (C=O) groups is 1. The average molecular weight is 535 g/mol. The second kappa shape index (κ2) is 11.9. The molecule has 0 spiro atoms. The summed E-state index contributed by atoms with van der Waals surface area (Å²) in [5, 5.41) is 0.823. The number of hydrogen-bond acceptors (Lipinski definition) is 3. The van der Waals surface area contributed by atoms with E-state index in [2.05, 4.69) is 0 Å². The molecule has 0 aliphatic carbocycles. The number of carbonyl (C=O) groups excluding carboxylic acids is 1. The predicted octanol–water partition coefficient (Wildman–Crippen LogP) is 6.39. The zero-order valence-corrected chi connectivity index (χ0v) is 21.1. The monoisotopic (exact) mass is 534 g/mol. The topological polar surface area (TPSA) is 32.8 Å². The number of halogens is 6. The summed E-state index contributed by atoms with van der Waals surface area (Å²) in [5.41, 5.74) is 0.0310. The first-order chi connectivity index (χ1) is 16.5. The van der Waals surface area contributed by atoms with Crippen molar-refractivity contribution in [3.8, 4) is 0 Å². The van der Waals surface area contributed by atoms with Crippen LogP contribution >= 0.6 is 23.2 Å². The van der Waals surface area contributed by atoms with Gasteiger partial charge in [-0.25, -0.2) is 4.39 Å². The third-order valence-corrected chi connectivity index (χ3v) is 7.08. The molecule has 0 N–H and O–H groups in total. The Balaban J connectivity index is 1.79. The minimum absolute atomic E-state index is 0.0302. The Morgan fingerprint density at radius 3 is 2.49 bits per heavy atom. The standard InChI is InChI=1S/C25H28Cl2F4N2O2/c1-32(13-16-6-8-19(22(28)11-16)25(29,30)31)23-15-33(24(34)5-3-4-10-35-2)14-18(23)17-7-9-20(26)21(27)12-17/h6-9,11-12,18,23H,3-5,10,13-15H2,1-2H3/t18-,23?/m1/s1. The molecule has 1 aliphatic rings. The summed E-state index contributed by atoms with van der Waals surface area (Å²) >= 11 is 12.3. The maximum absolute atomic E-state index is 14.1. The molecule has 10 heteroatoms. The average Bonchev–Trinajstić information content (AvgIpc) is 3.23. The smallest absolute Gasteiger partial charge is 0.385 e. The van der Waals surface area contributed by atoms with Gasteiger partial charge in [0.25, 0.3) is 0 Å². The van der Waals surface area contributed by atoms with Gasteiger partial charge < -0.3 is 9.64 Å². The molecule has 192 valence electrons. The minimum atomic E-state index is -4.75. The first kappa shape index (κ1) is 27.7. The Bertz CT molecular complexity index is 1040. The Hall–Kier alpha value is -1.87. The van der Waals surface area contributed by atoms with Gasteiger partial charge in [-0.3, -0.25) is 9.69 Å². The number of alkyl halides is 3. The van der Waals surface area contributed by atoms with Gasteiger partial charge in [0.2, 0.25) is 5.91 Å². The number of amides is 1. The highest BCUT2D eigenvalue weighted by Gasteiger charge is 2.39. The second-order valence-electron chi connectivity index (χ2n) is 8.82. The van der Waals surface area contributed by atoms with Crippen molar-refractivity contribution in [1.82, 2.24) is 9.80 Å². The molecule has 4 nitrogen and oxygen atoms in total. The number of likely N-dealkylation sites (tertiary alicyclic amines) is 1. The molecule has 3 rings (SSSR count). The first-order valence-corrected chi connectivity index (χ1v) is 12.0. The molecule has 1 aliphatic heterocycles. The van der Waals surface area contributed by atoms with E-state index in [-0.39, 0.29) is 24.4 Å². The lowest BCUT2D eigenvalue weighted by Gasteiger charge is -2.29. The fraction of sp³-hybridized carbons (Fsp3) is 0.480. The lowest BCUT2D eigenvalue weighted by molar-refractivity contribution is -0.140. The molecule has 1 saturated heterocycles. The molecule has 2 aromatic carbocycles. The molecule has 1 heterocycles. The molecule has 0 saturated carbocycles. The summed E-state index contributed by atoms with van der Waals surface area (Å²) < 4.78 is 57.9. The molecule has 1 unspecified atom stereocenters. The van der Waals surface area contributed by atoms with Crippen molar-refractivity contribution >= 4 is 29.1 Å². The fourth-order valence-corrected chi connectivity index (χ4v) is 4.79. The van der Waals surface area contributed by atoms with Crippen LogP contribution in [0.3, 0.4) is 0 Å². The normalized spacial score (nSPS) is 18.5. The number of methoxy groups -OCH3 is 1. The maximum Gasteiger partial charge on any atom is 0.419 e. The van der Waals surface area contributed by atoms with Crippen molar-refractivity contribution in [2.75, 3.05) is 33.9 Å². The van der Waals surface area contributed by atoms with Crippen molar-refractivity contribution in [2.24, 2.45) is 0 Å². The lowest BCUT2D eigenvalue weighted by Crippen LogP contribution is -2.38. The molecule has 35 heavy (non-hydrogen) atoms. The SMILES string of the molecule is COCCCCC(=O)N1CC(N(C)Cc2ccc(C(F)(F)F)c(F)c2)[C@@H](c2ccc(Cl)c(Cl)c2)C1. The van der Waals surface area contributed by atoms with Gasteiger partial charge in [-0.05, 0) is 55.3 Å². The van der Waals surface area contributed by atoms with E-state index in [1.165, 1.54) is 6.07 Å². The molecule has 1 amide bonds. The van der Waals surface area contributed by atoms with Crippen molar-refractivity contribution in [2.45, 2.75) is 43.9 Å². The molecule has 2 atom stereocenters. The van der Waals surface area contributed by atoms with Crippen LogP contribution in [0.25, 0.3) is 0 Å². The number of rotatable bonds is 9. The van der Waals surface area contributed by atoms with Gasteiger partial charge in [-0.2, -0.15) is 13.2 Å². The van der Waals surface area contributed by atoms with Gasteiger partial charge in [0.15, 0.2) is 0 Å². The largest absolute Gasteiger partial charge is 0.419 e. The molecule has 0 radical (unpaired) electrons. The highest BCUT2D eigenvalue weighted by molar-refractivity contribution is 6.42. The third-order valence-electron chi connectivity index (χ3n) is 6.34. The molecule has 0 bridgehead atoms. The Labute approximate surface area is 212 Å². The maximum atomic E-state index is 14.1. The van der Waals surface area contributed by atoms with E-state index in [0.717, 1.165) is 24.1 Å². The van der Waals surface area contributed by atoms with Gasteiger partial charge in [-0.15, -0.1) is 0 Å². The molecule has 2 aromatic rings. The van der Waals surface area contributed by atoms with Gasteiger partial charge in [-0.1, -0.05) is 35.3 Å². The molecular formula is C25H28Cl2F4N2O2. The van der Waals surface area contributed by atoms with Crippen LogP contribution in [-0.2, 0) is 22.3 Å². The summed E-state index contributed by atoms with van der Waals surface area (Å²) in [4.78, 5) is 16.6. The quantitative estimate of drug-likeness (QED) is 0.276. The van der Waals surface area contributed by atoms with E-state index in [1.54, 1.807) is 24.1 Å². The van der Waals surface area contributed by atoms with E-state index in [0.29, 0.717) is 48.1 Å². The second-order valence-corrected chi connectivity index (χ2v) is 9.64. The molecule has 1 fully saturated rings. The summed E-state index contributed by atoms with van der Waals surface area (Å²) in [5.74, 6) is -1.37. The highest BCUT2D eigenvalue weighted by atomic mass is 35.5. The number of benzene rings is 2. The van der Waals surface area contributed by atoms with Crippen molar-refractivity contribution < 1.29 is 27.1 Å². The lowest BCUT2D eigenvalue weighted by atomic mass is 9.93. The summed E-state index contributed by atoms with van der Waals surface area (Å²) in [7, 11) is 3.43. The minimum Gasteiger partial charge on any atom is -0.385 e. The molecular weight excluding hydrogens is 507 g/mol. The first-order valence-electron chi connectivity index (χ1n) is 11.3. The predicted molar refractivity (Wildman–Crippen MR) is 128 cm³/mol. The number of hydrogen-bond donors (Lipinski definition) is 0. The van der Waals surface area contributed by atoms with Crippen LogP contribution in [0.1, 0.15) is 41.9 Å². The number of nitrogens with zero attached hydrogens (tertiary/aromatic N) is 2. The van der Waals surface area contributed by atoms with Crippen molar-refractivity contribution in [3.05, 3.63) is 69.0 Å². The van der Waals surface area contributed by atoms with Crippen LogP contribution < -0.4 is 0 Å². The third kappa shape index (κ3) is 7.09. The number of likely N-dealkylation sites (N-methyl/N-ethyl adjacent to an activating group) is 1. The van der Waals surface area contributed by atoms with Crippen LogP contribution in [-0.4, -0.2) is 55.6 Å². The Kier molecular flexibility index (Phi) is 9.43. The summed E-state index contributed by atoms with van der Waals surface area (Å²) in [6.45, 7) is 1.72. The molecule has 0 aromatic heterocycles. The highest BCUT2D eigenvalue weighted by Crippen LogP contribution is 2.36. The van der Waals surface area contributed by atoms with E-state index < -0.39 is 17.6 Å². The van der Waals surface area contributed by atoms with E-state index in [4.69, 9.17) is 27.9 Å². The Morgan fingerprint density at radius 2 is 1.86 bits per heavy atom. The fourth-order valence-electron chi connectivity index (χ4n) is 4.48. The van der Waals surface area contributed by atoms with Crippen LogP contribution in [0.5, 0.6) is 0 Å².